The summed E-state index contributed by atoms with van der Waals surface area (Å²) < 4.78 is 10.7. The Bertz CT molecular complexity index is 592. The molecule has 4 heteroatoms. The lowest BCUT2D eigenvalue weighted by molar-refractivity contribution is 0.236. The molecule has 2 aromatic rings. The lowest BCUT2D eigenvalue weighted by atomic mass is 9.99. The number of aryl methyl sites for hydroxylation is 1. The molecular formula is C16H20N2O2. The van der Waals surface area contributed by atoms with Gasteiger partial charge in [-0.15, -0.1) is 0 Å². The van der Waals surface area contributed by atoms with Gasteiger partial charge in [-0.1, -0.05) is 11.2 Å². The van der Waals surface area contributed by atoms with Crippen LogP contribution in [-0.4, -0.2) is 23.2 Å². The number of ether oxygens (including phenoxy) is 1. The third kappa shape index (κ3) is 2.85. The summed E-state index contributed by atoms with van der Waals surface area (Å²) in [6.07, 6.45) is 1.08. The fourth-order valence-electron chi connectivity index (χ4n) is 2.70. The number of hydrogen-bond donors (Lipinski definition) is 0. The second-order valence-electron chi connectivity index (χ2n) is 5.25. The Labute approximate surface area is 119 Å². The van der Waals surface area contributed by atoms with Gasteiger partial charge in [-0.2, -0.15) is 0 Å². The number of fused-ring (bicyclic) bond motifs is 1. The molecule has 0 radical (unpaired) electrons. The van der Waals surface area contributed by atoms with Crippen LogP contribution in [0.5, 0.6) is 5.75 Å². The van der Waals surface area contributed by atoms with E-state index in [1.165, 1.54) is 11.1 Å². The van der Waals surface area contributed by atoms with Gasteiger partial charge in [0.25, 0.3) is 0 Å². The van der Waals surface area contributed by atoms with Crippen molar-refractivity contribution in [3.63, 3.8) is 0 Å². The number of rotatable bonds is 4. The van der Waals surface area contributed by atoms with Gasteiger partial charge in [0.2, 0.25) is 0 Å². The van der Waals surface area contributed by atoms with Crippen molar-refractivity contribution >= 4 is 0 Å². The van der Waals surface area contributed by atoms with E-state index in [0.29, 0.717) is 6.61 Å². The van der Waals surface area contributed by atoms with Gasteiger partial charge in [0, 0.05) is 25.7 Å². The first kappa shape index (κ1) is 13.2. The quantitative estimate of drug-likeness (QED) is 0.857. The normalized spacial score (nSPS) is 15.1. The molecule has 0 atom stereocenters. The number of nitrogens with zero attached hydrogens (tertiary/aromatic N) is 2. The van der Waals surface area contributed by atoms with E-state index in [0.717, 1.165) is 43.3 Å². The molecule has 0 unspecified atom stereocenters. The van der Waals surface area contributed by atoms with E-state index in [-0.39, 0.29) is 0 Å². The zero-order valence-corrected chi connectivity index (χ0v) is 12.1. The topological polar surface area (TPSA) is 38.5 Å². The van der Waals surface area contributed by atoms with Crippen molar-refractivity contribution < 1.29 is 9.26 Å². The third-order valence-electron chi connectivity index (χ3n) is 3.64. The zero-order valence-electron chi connectivity index (χ0n) is 12.1. The minimum atomic E-state index is 0.709. The predicted molar refractivity (Wildman–Crippen MR) is 76.7 cm³/mol. The van der Waals surface area contributed by atoms with E-state index in [2.05, 4.69) is 28.3 Å². The molecule has 20 heavy (non-hydrogen) atoms. The van der Waals surface area contributed by atoms with Gasteiger partial charge in [-0.3, -0.25) is 4.90 Å². The van der Waals surface area contributed by atoms with Crippen LogP contribution in [0.25, 0.3) is 0 Å². The maximum Gasteiger partial charge on any atom is 0.133 e. The van der Waals surface area contributed by atoms with Crippen molar-refractivity contribution in [3.8, 4) is 5.75 Å². The Morgan fingerprint density at radius 1 is 1.30 bits per heavy atom. The van der Waals surface area contributed by atoms with Crippen molar-refractivity contribution in [2.75, 3.05) is 13.2 Å². The second kappa shape index (κ2) is 5.67. The highest BCUT2D eigenvalue weighted by Crippen LogP contribution is 2.24. The molecule has 0 bridgehead atoms. The fraction of sp³-hybridized carbons (Fsp3) is 0.438. The highest BCUT2D eigenvalue weighted by Gasteiger charge is 2.18. The van der Waals surface area contributed by atoms with E-state index in [4.69, 9.17) is 9.26 Å². The number of aromatic nitrogens is 1. The largest absolute Gasteiger partial charge is 0.494 e. The maximum absolute atomic E-state index is 5.58. The van der Waals surface area contributed by atoms with Crippen LogP contribution in [-0.2, 0) is 19.5 Å². The summed E-state index contributed by atoms with van der Waals surface area (Å²) >= 11 is 0. The first-order valence-corrected chi connectivity index (χ1v) is 7.13. The minimum absolute atomic E-state index is 0.709. The summed E-state index contributed by atoms with van der Waals surface area (Å²) in [6, 6.07) is 8.43. The first-order valence-electron chi connectivity index (χ1n) is 7.13. The van der Waals surface area contributed by atoms with Crippen molar-refractivity contribution in [2.45, 2.75) is 33.4 Å². The van der Waals surface area contributed by atoms with Crippen LogP contribution in [0.1, 0.15) is 29.5 Å². The van der Waals surface area contributed by atoms with Crippen LogP contribution in [0.15, 0.2) is 28.8 Å². The molecule has 0 N–H and O–H groups in total. The summed E-state index contributed by atoms with van der Waals surface area (Å²) in [7, 11) is 0. The van der Waals surface area contributed by atoms with E-state index in [1.54, 1.807) is 0 Å². The summed E-state index contributed by atoms with van der Waals surface area (Å²) in [6.45, 7) is 7.50. The van der Waals surface area contributed by atoms with Gasteiger partial charge in [0.05, 0.1) is 12.3 Å². The van der Waals surface area contributed by atoms with Crippen LogP contribution in [0.4, 0.5) is 0 Å². The lowest BCUT2D eigenvalue weighted by Crippen LogP contribution is -2.30. The number of hydrogen-bond acceptors (Lipinski definition) is 4. The third-order valence-corrected chi connectivity index (χ3v) is 3.64. The van der Waals surface area contributed by atoms with E-state index < -0.39 is 0 Å². The molecule has 1 aromatic carbocycles. The highest BCUT2D eigenvalue weighted by molar-refractivity contribution is 5.37. The van der Waals surface area contributed by atoms with Crippen molar-refractivity contribution in [1.29, 1.82) is 0 Å². The average molecular weight is 272 g/mol. The Morgan fingerprint density at radius 2 is 2.20 bits per heavy atom. The lowest BCUT2D eigenvalue weighted by Gasteiger charge is -2.28. The van der Waals surface area contributed by atoms with Crippen LogP contribution < -0.4 is 4.74 Å². The summed E-state index contributed by atoms with van der Waals surface area (Å²) in [4.78, 5) is 2.40. The molecule has 0 spiro atoms. The second-order valence-corrected chi connectivity index (χ2v) is 5.25. The van der Waals surface area contributed by atoms with Gasteiger partial charge in [-0.05, 0) is 43.5 Å². The average Bonchev–Trinajstić information content (AvgIpc) is 2.84. The highest BCUT2D eigenvalue weighted by atomic mass is 16.5. The van der Waals surface area contributed by atoms with Gasteiger partial charge in [-0.25, -0.2) is 0 Å². The molecule has 3 rings (SSSR count). The maximum atomic E-state index is 5.58. The van der Waals surface area contributed by atoms with E-state index in [9.17, 15) is 0 Å². The molecule has 0 saturated heterocycles. The molecule has 1 aromatic heterocycles. The Balaban J connectivity index is 1.71. The van der Waals surface area contributed by atoms with Gasteiger partial charge in [0.1, 0.15) is 11.5 Å². The van der Waals surface area contributed by atoms with Crippen LogP contribution in [0.2, 0.25) is 0 Å². The van der Waals surface area contributed by atoms with Crippen LogP contribution in [0.3, 0.4) is 0 Å². The smallest absolute Gasteiger partial charge is 0.133 e. The van der Waals surface area contributed by atoms with Crippen molar-refractivity contribution in [2.24, 2.45) is 0 Å². The molecule has 1 aliphatic heterocycles. The van der Waals surface area contributed by atoms with Crippen LogP contribution >= 0.6 is 0 Å². The Kier molecular flexibility index (Phi) is 3.74. The summed E-state index contributed by atoms with van der Waals surface area (Å²) in [5.74, 6) is 1.83. The molecule has 0 amide bonds. The first-order chi connectivity index (χ1) is 9.74. The minimum Gasteiger partial charge on any atom is -0.494 e. The molecule has 0 fully saturated rings. The molecule has 1 aliphatic rings. The fourth-order valence-corrected chi connectivity index (χ4v) is 2.70. The van der Waals surface area contributed by atoms with E-state index in [1.807, 2.05) is 19.9 Å². The molecule has 106 valence electrons. The molecule has 4 nitrogen and oxygen atoms in total. The molecule has 0 saturated carbocycles. The summed E-state index contributed by atoms with van der Waals surface area (Å²) in [5.41, 5.74) is 3.80. The molecular weight excluding hydrogens is 252 g/mol. The van der Waals surface area contributed by atoms with Gasteiger partial charge >= 0.3 is 0 Å². The van der Waals surface area contributed by atoms with Crippen LogP contribution in [0, 0.1) is 6.92 Å². The standard InChI is InChI=1S/C16H20N2O2/c1-3-19-16-5-4-13-6-7-18(10-14(13)9-16)11-15-8-12(2)20-17-15/h4-5,8-9H,3,6-7,10-11H2,1-2H3. The van der Waals surface area contributed by atoms with E-state index >= 15 is 0 Å². The number of benzene rings is 1. The Hall–Kier alpha value is -1.81. The molecule has 2 heterocycles. The monoisotopic (exact) mass is 272 g/mol. The van der Waals surface area contributed by atoms with Gasteiger partial charge < -0.3 is 9.26 Å². The van der Waals surface area contributed by atoms with Crippen molar-refractivity contribution in [3.05, 3.63) is 46.8 Å². The Morgan fingerprint density at radius 3 is 2.95 bits per heavy atom. The zero-order chi connectivity index (χ0) is 13.9. The van der Waals surface area contributed by atoms with Gasteiger partial charge in [0.15, 0.2) is 0 Å². The van der Waals surface area contributed by atoms with Crippen molar-refractivity contribution in [1.82, 2.24) is 10.1 Å². The SMILES string of the molecule is CCOc1ccc2c(c1)CN(Cc1cc(C)on1)CC2. The summed E-state index contributed by atoms with van der Waals surface area (Å²) in [5, 5.41) is 4.07. The molecule has 0 aliphatic carbocycles. The predicted octanol–water partition coefficient (Wildman–Crippen LogP) is 2.94.